The van der Waals surface area contributed by atoms with Gasteiger partial charge in [0.05, 0.1) is 9.79 Å². The second-order valence-electron chi connectivity index (χ2n) is 3.73. The molecule has 6 heteroatoms. The molecule has 0 atom stereocenters. The summed E-state index contributed by atoms with van der Waals surface area (Å²) in [7, 11) is -3.74. The van der Waals surface area contributed by atoms with Crippen molar-refractivity contribution in [2.45, 2.75) is 16.7 Å². The molecule has 0 aliphatic rings. The van der Waals surface area contributed by atoms with Crippen molar-refractivity contribution >= 4 is 21.4 Å². The van der Waals surface area contributed by atoms with Crippen molar-refractivity contribution in [1.29, 1.82) is 0 Å². The van der Waals surface area contributed by atoms with Crippen LogP contribution in [0.4, 0.5) is 4.39 Å². The van der Waals surface area contributed by atoms with E-state index in [2.05, 4.69) is 4.98 Å². The van der Waals surface area contributed by atoms with Crippen molar-refractivity contribution < 1.29 is 12.8 Å². The quantitative estimate of drug-likeness (QED) is 0.797. The molecule has 0 aliphatic carbocycles. The highest BCUT2D eigenvalue weighted by Crippen LogP contribution is 2.24. The number of hydrogen-bond donors (Lipinski definition) is 0. The van der Waals surface area contributed by atoms with E-state index in [9.17, 15) is 12.8 Å². The van der Waals surface area contributed by atoms with E-state index in [0.717, 1.165) is 12.3 Å². The van der Waals surface area contributed by atoms with Gasteiger partial charge in [-0.25, -0.2) is 13.4 Å². The maximum atomic E-state index is 13.0. The van der Waals surface area contributed by atoms with Crippen molar-refractivity contribution in [3.8, 4) is 0 Å². The van der Waals surface area contributed by atoms with Gasteiger partial charge in [-0.05, 0) is 36.8 Å². The molecule has 1 heterocycles. The summed E-state index contributed by atoms with van der Waals surface area (Å²) in [6.07, 6.45) is 1.12. The Morgan fingerprint density at radius 3 is 2.44 bits per heavy atom. The molecule has 0 unspecified atom stereocenters. The predicted octanol–water partition coefficient (Wildman–Crippen LogP) is 3.02. The first kappa shape index (κ1) is 13.0. The van der Waals surface area contributed by atoms with Crippen molar-refractivity contribution in [1.82, 2.24) is 4.98 Å². The maximum absolute atomic E-state index is 13.0. The number of nitrogens with zero attached hydrogens (tertiary/aromatic N) is 1. The van der Waals surface area contributed by atoms with Crippen LogP contribution < -0.4 is 0 Å². The van der Waals surface area contributed by atoms with Crippen LogP contribution in [-0.4, -0.2) is 13.4 Å². The van der Waals surface area contributed by atoms with E-state index in [1.54, 1.807) is 6.92 Å². The number of sulfone groups is 1. The topological polar surface area (TPSA) is 47.0 Å². The normalized spacial score (nSPS) is 11.5. The molecule has 0 N–H and O–H groups in total. The SMILES string of the molecule is Cc1cc(S(=O)(=O)c2ccnc(F)c2)ccc1Cl. The molecule has 2 rings (SSSR count). The summed E-state index contributed by atoms with van der Waals surface area (Å²) < 4.78 is 37.4. The van der Waals surface area contributed by atoms with Crippen molar-refractivity contribution in [2.24, 2.45) is 0 Å². The fourth-order valence-electron chi connectivity index (χ4n) is 1.47. The first-order valence-electron chi connectivity index (χ1n) is 5.04. The zero-order chi connectivity index (χ0) is 13.3. The Morgan fingerprint density at radius 2 is 1.83 bits per heavy atom. The van der Waals surface area contributed by atoms with Gasteiger partial charge in [0.1, 0.15) is 0 Å². The fraction of sp³-hybridized carbons (Fsp3) is 0.0833. The highest BCUT2D eigenvalue weighted by atomic mass is 35.5. The van der Waals surface area contributed by atoms with Crippen LogP contribution in [0.5, 0.6) is 0 Å². The minimum absolute atomic E-state index is 0.0787. The Kier molecular flexibility index (Phi) is 3.36. The van der Waals surface area contributed by atoms with E-state index in [1.807, 2.05) is 0 Å². The Balaban J connectivity index is 2.58. The minimum atomic E-state index is -3.74. The number of halogens is 2. The Bertz CT molecular complexity index is 701. The van der Waals surface area contributed by atoms with Crippen LogP contribution in [0.2, 0.25) is 5.02 Å². The highest BCUT2D eigenvalue weighted by Gasteiger charge is 2.19. The summed E-state index contributed by atoms with van der Waals surface area (Å²) in [5.41, 5.74) is 0.646. The zero-order valence-electron chi connectivity index (χ0n) is 9.39. The predicted molar refractivity (Wildman–Crippen MR) is 65.8 cm³/mol. The Labute approximate surface area is 109 Å². The number of aryl methyl sites for hydroxylation is 1. The minimum Gasteiger partial charge on any atom is -0.228 e. The summed E-state index contributed by atoms with van der Waals surface area (Å²) >= 11 is 5.84. The molecule has 0 fully saturated rings. The Morgan fingerprint density at radius 1 is 1.17 bits per heavy atom. The van der Waals surface area contributed by atoms with Crippen molar-refractivity contribution in [3.05, 3.63) is 53.1 Å². The lowest BCUT2D eigenvalue weighted by Gasteiger charge is -2.06. The van der Waals surface area contributed by atoms with E-state index in [1.165, 1.54) is 24.3 Å². The third-order valence-corrected chi connectivity index (χ3v) is 4.62. The second kappa shape index (κ2) is 4.66. The average Bonchev–Trinajstić information content (AvgIpc) is 2.32. The zero-order valence-corrected chi connectivity index (χ0v) is 11.0. The van der Waals surface area contributed by atoms with E-state index in [0.29, 0.717) is 10.6 Å². The molecule has 0 amide bonds. The average molecular weight is 286 g/mol. The van der Waals surface area contributed by atoms with Gasteiger partial charge in [-0.2, -0.15) is 4.39 Å². The summed E-state index contributed by atoms with van der Waals surface area (Å²) in [5, 5.41) is 0.481. The van der Waals surface area contributed by atoms with E-state index >= 15 is 0 Å². The van der Waals surface area contributed by atoms with E-state index < -0.39 is 15.8 Å². The van der Waals surface area contributed by atoms with Gasteiger partial charge < -0.3 is 0 Å². The van der Waals surface area contributed by atoms with Gasteiger partial charge in [0.15, 0.2) is 0 Å². The number of pyridine rings is 1. The first-order valence-corrected chi connectivity index (χ1v) is 6.90. The molecule has 94 valence electrons. The van der Waals surface area contributed by atoms with Gasteiger partial charge >= 0.3 is 0 Å². The third kappa shape index (κ3) is 2.37. The summed E-state index contributed by atoms with van der Waals surface area (Å²) in [5.74, 6) is -0.832. The van der Waals surface area contributed by atoms with Gasteiger partial charge in [0.2, 0.25) is 15.8 Å². The number of benzene rings is 1. The third-order valence-electron chi connectivity index (χ3n) is 2.45. The lowest BCUT2D eigenvalue weighted by molar-refractivity contribution is 0.571. The van der Waals surface area contributed by atoms with Crippen molar-refractivity contribution in [2.75, 3.05) is 0 Å². The monoisotopic (exact) mass is 285 g/mol. The van der Waals surface area contributed by atoms with E-state index in [-0.39, 0.29) is 9.79 Å². The Hall–Kier alpha value is -1.46. The van der Waals surface area contributed by atoms with Crippen LogP contribution >= 0.6 is 11.6 Å². The molecule has 1 aromatic heterocycles. The second-order valence-corrected chi connectivity index (χ2v) is 6.09. The van der Waals surface area contributed by atoms with Crippen LogP contribution in [0.1, 0.15) is 5.56 Å². The van der Waals surface area contributed by atoms with E-state index in [4.69, 9.17) is 11.6 Å². The van der Waals surface area contributed by atoms with Gasteiger partial charge in [0.25, 0.3) is 0 Å². The standard InChI is InChI=1S/C12H9ClFNO2S/c1-8-6-9(2-3-11(8)13)18(16,17)10-4-5-15-12(14)7-10/h2-7H,1H3. The van der Waals surface area contributed by atoms with Crippen LogP contribution in [-0.2, 0) is 9.84 Å². The molecule has 0 radical (unpaired) electrons. The molecule has 2 aromatic rings. The van der Waals surface area contributed by atoms with Crippen LogP contribution in [0, 0.1) is 12.9 Å². The smallest absolute Gasteiger partial charge is 0.214 e. The summed E-state index contributed by atoms with van der Waals surface area (Å²) in [6, 6.07) is 6.49. The summed E-state index contributed by atoms with van der Waals surface area (Å²) in [4.78, 5) is 3.28. The maximum Gasteiger partial charge on any atom is 0.214 e. The van der Waals surface area contributed by atoms with Gasteiger partial charge in [-0.1, -0.05) is 11.6 Å². The molecule has 18 heavy (non-hydrogen) atoms. The van der Waals surface area contributed by atoms with Crippen molar-refractivity contribution in [3.63, 3.8) is 0 Å². The molecule has 0 aliphatic heterocycles. The lowest BCUT2D eigenvalue weighted by atomic mass is 10.2. The van der Waals surface area contributed by atoms with Gasteiger partial charge in [-0.15, -0.1) is 0 Å². The molecular formula is C12H9ClFNO2S. The van der Waals surface area contributed by atoms with Gasteiger partial charge in [0, 0.05) is 17.3 Å². The molecule has 0 spiro atoms. The largest absolute Gasteiger partial charge is 0.228 e. The highest BCUT2D eigenvalue weighted by molar-refractivity contribution is 7.91. The molecule has 1 aromatic carbocycles. The molecular weight excluding hydrogens is 277 g/mol. The van der Waals surface area contributed by atoms with Crippen LogP contribution in [0.25, 0.3) is 0 Å². The number of rotatable bonds is 2. The summed E-state index contributed by atoms with van der Waals surface area (Å²) in [6.45, 7) is 1.70. The lowest BCUT2D eigenvalue weighted by Crippen LogP contribution is -2.03. The number of hydrogen-bond acceptors (Lipinski definition) is 3. The number of aromatic nitrogens is 1. The van der Waals surface area contributed by atoms with Gasteiger partial charge in [-0.3, -0.25) is 0 Å². The molecule has 3 nitrogen and oxygen atoms in total. The molecule has 0 bridgehead atoms. The first-order chi connectivity index (χ1) is 8.41. The molecule has 0 saturated carbocycles. The van der Waals surface area contributed by atoms with Crippen LogP contribution in [0.3, 0.4) is 0 Å². The fourth-order valence-corrected chi connectivity index (χ4v) is 2.93. The van der Waals surface area contributed by atoms with Crippen LogP contribution in [0.15, 0.2) is 46.3 Å². The molecule has 0 saturated heterocycles.